The van der Waals surface area contributed by atoms with E-state index >= 15 is 0 Å². The Morgan fingerprint density at radius 1 is 1.48 bits per heavy atom. The van der Waals surface area contributed by atoms with Gasteiger partial charge in [0, 0.05) is 30.6 Å². The first-order chi connectivity index (χ1) is 9.85. The molecule has 0 bridgehead atoms. The Hall–Kier alpha value is -1.14. The zero-order valence-electron chi connectivity index (χ0n) is 13.3. The SMILES string of the molecule is CC(NC1CCN(C(=O)OC(C)(C)C)CC1)c1cscn1. The van der Waals surface area contributed by atoms with E-state index in [0.717, 1.165) is 31.6 Å². The fourth-order valence-corrected chi connectivity index (χ4v) is 3.08. The molecule has 118 valence electrons. The van der Waals surface area contributed by atoms with E-state index in [1.807, 2.05) is 26.3 Å². The Morgan fingerprint density at radius 2 is 2.14 bits per heavy atom. The van der Waals surface area contributed by atoms with Crippen LogP contribution in [0.2, 0.25) is 0 Å². The van der Waals surface area contributed by atoms with Crippen molar-refractivity contribution in [1.29, 1.82) is 0 Å². The van der Waals surface area contributed by atoms with Gasteiger partial charge in [0.15, 0.2) is 0 Å². The van der Waals surface area contributed by atoms with Gasteiger partial charge in [-0.1, -0.05) is 0 Å². The summed E-state index contributed by atoms with van der Waals surface area (Å²) in [6.45, 7) is 9.32. The second-order valence-corrected chi connectivity index (χ2v) is 7.26. The van der Waals surface area contributed by atoms with Crippen LogP contribution in [0.1, 0.15) is 52.3 Å². The molecule has 1 amide bonds. The number of hydrogen-bond acceptors (Lipinski definition) is 5. The summed E-state index contributed by atoms with van der Waals surface area (Å²) in [5, 5.41) is 5.67. The maximum Gasteiger partial charge on any atom is 0.410 e. The molecule has 1 N–H and O–H groups in total. The molecule has 1 fully saturated rings. The summed E-state index contributed by atoms with van der Waals surface area (Å²) in [6, 6.07) is 0.690. The molecule has 0 radical (unpaired) electrons. The first-order valence-electron chi connectivity index (χ1n) is 7.47. The van der Waals surface area contributed by atoms with Crippen molar-refractivity contribution in [3.63, 3.8) is 0 Å². The molecule has 1 unspecified atom stereocenters. The van der Waals surface area contributed by atoms with Crippen molar-refractivity contribution in [2.24, 2.45) is 0 Å². The van der Waals surface area contributed by atoms with Crippen molar-refractivity contribution < 1.29 is 9.53 Å². The van der Waals surface area contributed by atoms with E-state index in [-0.39, 0.29) is 12.1 Å². The quantitative estimate of drug-likeness (QED) is 0.931. The highest BCUT2D eigenvalue weighted by molar-refractivity contribution is 7.07. The second kappa shape index (κ2) is 6.75. The number of ether oxygens (including phenoxy) is 1. The van der Waals surface area contributed by atoms with E-state index < -0.39 is 5.60 Å². The maximum absolute atomic E-state index is 12.0. The lowest BCUT2D eigenvalue weighted by Crippen LogP contribution is -2.47. The third-order valence-electron chi connectivity index (χ3n) is 3.53. The van der Waals surface area contributed by atoms with E-state index in [0.29, 0.717) is 6.04 Å². The molecule has 0 aromatic carbocycles. The van der Waals surface area contributed by atoms with Gasteiger partial charge in [0.25, 0.3) is 0 Å². The van der Waals surface area contributed by atoms with Crippen LogP contribution in [0.5, 0.6) is 0 Å². The summed E-state index contributed by atoms with van der Waals surface area (Å²) >= 11 is 1.62. The number of rotatable bonds is 3. The zero-order valence-corrected chi connectivity index (χ0v) is 14.1. The minimum atomic E-state index is -0.425. The number of likely N-dealkylation sites (tertiary alicyclic amines) is 1. The van der Waals surface area contributed by atoms with Crippen LogP contribution < -0.4 is 5.32 Å². The van der Waals surface area contributed by atoms with Crippen LogP contribution in [-0.2, 0) is 4.74 Å². The smallest absolute Gasteiger partial charge is 0.410 e. The molecule has 1 aliphatic rings. The van der Waals surface area contributed by atoms with Gasteiger partial charge in [-0.2, -0.15) is 0 Å². The minimum absolute atomic E-state index is 0.200. The minimum Gasteiger partial charge on any atom is -0.444 e. The van der Waals surface area contributed by atoms with Crippen molar-refractivity contribution >= 4 is 17.4 Å². The highest BCUT2D eigenvalue weighted by Crippen LogP contribution is 2.19. The van der Waals surface area contributed by atoms with Gasteiger partial charge in [-0.25, -0.2) is 9.78 Å². The molecule has 2 rings (SSSR count). The summed E-state index contributed by atoms with van der Waals surface area (Å²) in [5.41, 5.74) is 2.53. The number of nitrogens with one attached hydrogen (secondary N) is 1. The molecule has 6 heteroatoms. The molecule has 1 aromatic rings. The molecule has 0 spiro atoms. The molecular formula is C15H25N3O2S. The molecular weight excluding hydrogens is 286 g/mol. The number of thiazole rings is 1. The van der Waals surface area contributed by atoms with Crippen molar-refractivity contribution in [2.75, 3.05) is 13.1 Å². The number of nitrogens with zero attached hydrogens (tertiary/aromatic N) is 2. The maximum atomic E-state index is 12.0. The largest absolute Gasteiger partial charge is 0.444 e. The fourth-order valence-electron chi connectivity index (χ4n) is 2.43. The lowest BCUT2D eigenvalue weighted by Gasteiger charge is -2.34. The topological polar surface area (TPSA) is 54.5 Å². The van der Waals surface area contributed by atoms with Crippen molar-refractivity contribution in [3.8, 4) is 0 Å². The predicted octanol–water partition coefficient (Wildman–Crippen LogP) is 3.19. The molecule has 0 aliphatic carbocycles. The van der Waals surface area contributed by atoms with Gasteiger partial charge < -0.3 is 15.0 Å². The molecule has 1 aromatic heterocycles. The lowest BCUT2D eigenvalue weighted by molar-refractivity contribution is 0.0196. The van der Waals surface area contributed by atoms with E-state index in [1.165, 1.54) is 0 Å². The number of amides is 1. The summed E-state index contributed by atoms with van der Waals surface area (Å²) < 4.78 is 5.41. The Kier molecular flexibility index (Phi) is 5.22. The second-order valence-electron chi connectivity index (χ2n) is 6.54. The highest BCUT2D eigenvalue weighted by atomic mass is 32.1. The molecule has 1 atom stereocenters. The average Bonchev–Trinajstić information content (AvgIpc) is 2.91. The molecule has 21 heavy (non-hydrogen) atoms. The van der Waals surface area contributed by atoms with Crippen LogP contribution in [0.4, 0.5) is 4.79 Å². The average molecular weight is 311 g/mol. The van der Waals surface area contributed by atoms with Gasteiger partial charge in [-0.3, -0.25) is 0 Å². The van der Waals surface area contributed by atoms with Gasteiger partial charge in [0.2, 0.25) is 0 Å². The van der Waals surface area contributed by atoms with E-state index in [4.69, 9.17) is 4.74 Å². The lowest BCUT2D eigenvalue weighted by atomic mass is 10.0. The molecule has 1 aliphatic heterocycles. The zero-order chi connectivity index (χ0) is 15.5. The Bertz CT molecular complexity index is 448. The summed E-state index contributed by atoms with van der Waals surface area (Å²) in [5.74, 6) is 0. The van der Waals surface area contributed by atoms with Crippen LogP contribution in [0.15, 0.2) is 10.9 Å². The molecule has 5 nitrogen and oxygen atoms in total. The van der Waals surface area contributed by atoms with Crippen molar-refractivity contribution in [2.45, 2.75) is 58.2 Å². The van der Waals surface area contributed by atoms with Gasteiger partial charge >= 0.3 is 6.09 Å². The van der Waals surface area contributed by atoms with E-state index in [9.17, 15) is 4.79 Å². The van der Waals surface area contributed by atoms with Crippen LogP contribution in [0, 0.1) is 0 Å². The van der Waals surface area contributed by atoms with Crippen molar-refractivity contribution in [3.05, 3.63) is 16.6 Å². The van der Waals surface area contributed by atoms with Gasteiger partial charge in [0.1, 0.15) is 5.60 Å². The summed E-state index contributed by atoms with van der Waals surface area (Å²) in [6.07, 6.45) is 1.70. The molecule has 0 saturated carbocycles. The standard InChI is InChI=1S/C15H25N3O2S/c1-11(13-9-21-10-16-13)17-12-5-7-18(8-6-12)14(19)20-15(2,3)4/h9-12,17H,5-8H2,1-4H3. The molecule has 1 saturated heterocycles. The molecule has 2 heterocycles. The summed E-state index contributed by atoms with van der Waals surface area (Å²) in [7, 11) is 0. The highest BCUT2D eigenvalue weighted by Gasteiger charge is 2.27. The number of carbonyl (C=O) groups excluding carboxylic acids is 1. The third-order valence-corrected chi connectivity index (χ3v) is 4.13. The fraction of sp³-hybridized carbons (Fsp3) is 0.733. The van der Waals surface area contributed by atoms with E-state index in [2.05, 4.69) is 22.6 Å². The van der Waals surface area contributed by atoms with Crippen LogP contribution in [-0.4, -0.2) is 40.7 Å². The van der Waals surface area contributed by atoms with E-state index in [1.54, 1.807) is 16.2 Å². The van der Waals surface area contributed by atoms with Crippen LogP contribution in [0.3, 0.4) is 0 Å². The van der Waals surface area contributed by atoms with Gasteiger partial charge in [0.05, 0.1) is 11.2 Å². The van der Waals surface area contributed by atoms with Gasteiger partial charge in [-0.05, 0) is 40.5 Å². The Balaban J connectivity index is 1.77. The summed E-state index contributed by atoms with van der Waals surface area (Å²) in [4.78, 5) is 18.1. The van der Waals surface area contributed by atoms with Gasteiger partial charge in [-0.15, -0.1) is 11.3 Å². The van der Waals surface area contributed by atoms with Crippen molar-refractivity contribution in [1.82, 2.24) is 15.2 Å². The normalized spacial score (nSPS) is 18.6. The Morgan fingerprint density at radius 3 is 2.67 bits per heavy atom. The number of piperidine rings is 1. The predicted molar refractivity (Wildman–Crippen MR) is 84.5 cm³/mol. The number of carbonyl (C=O) groups is 1. The number of hydrogen-bond donors (Lipinski definition) is 1. The first-order valence-corrected chi connectivity index (χ1v) is 8.41. The number of aromatic nitrogens is 1. The van der Waals surface area contributed by atoms with Crippen LogP contribution >= 0.6 is 11.3 Å². The first kappa shape index (κ1) is 16.2. The Labute approximate surface area is 130 Å². The van der Waals surface area contributed by atoms with Crippen LogP contribution in [0.25, 0.3) is 0 Å². The monoisotopic (exact) mass is 311 g/mol. The third kappa shape index (κ3) is 4.97.